The average Bonchev–Trinajstić information content (AvgIpc) is 3.37. The van der Waals surface area contributed by atoms with Crippen molar-refractivity contribution in [3.05, 3.63) is 58.4 Å². The van der Waals surface area contributed by atoms with Gasteiger partial charge in [0.15, 0.2) is 5.78 Å². The number of hydrogen-bond donors (Lipinski definition) is 0. The van der Waals surface area contributed by atoms with Crippen LogP contribution in [0, 0.1) is 13.8 Å². The Morgan fingerprint density at radius 1 is 1.19 bits per heavy atom. The SMILES string of the molecule is CCn1c(C)c(C(=O)CN(CC2CCCO2)C(=O)c2ccccc2)c(C)c1C(=O)OC. The molecular weight excluding hydrogens is 396 g/mol. The minimum Gasteiger partial charge on any atom is -0.464 e. The van der Waals surface area contributed by atoms with E-state index in [1.54, 1.807) is 40.7 Å². The molecule has 1 fully saturated rings. The van der Waals surface area contributed by atoms with E-state index in [0.717, 1.165) is 12.8 Å². The summed E-state index contributed by atoms with van der Waals surface area (Å²) in [4.78, 5) is 40.5. The fraction of sp³-hybridized carbons (Fsp3) is 0.458. The number of benzene rings is 1. The fourth-order valence-corrected chi connectivity index (χ4v) is 4.33. The summed E-state index contributed by atoms with van der Waals surface area (Å²) in [5.41, 5.74) is 2.67. The molecule has 3 rings (SSSR count). The Morgan fingerprint density at radius 2 is 1.90 bits per heavy atom. The topological polar surface area (TPSA) is 77.8 Å². The van der Waals surface area contributed by atoms with E-state index < -0.39 is 5.97 Å². The minimum absolute atomic E-state index is 0.0754. The molecule has 0 bridgehead atoms. The molecule has 1 amide bonds. The van der Waals surface area contributed by atoms with Crippen LogP contribution in [0.5, 0.6) is 0 Å². The lowest BCUT2D eigenvalue weighted by Crippen LogP contribution is -2.41. The largest absolute Gasteiger partial charge is 0.464 e. The number of aromatic nitrogens is 1. The van der Waals surface area contributed by atoms with E-state index in [4.69, 9.17) is 9.47 Å². The van der Waals surface area contributed by atoms with Gasteiger partial charge in [0.25, 0.3) is 5.91 Å². The molecule has 7 nitrogen and oxygen atoms in total. The molecule has 166 valence electrons. The van der Waals surface area contributed by atoms with Gasteiger partial charge in [0.1, 0.15) is 5.69 Å². The van der Waals surface area contributed by atoms with Gasteiger partial charge in [-0.05, 0) is 51.3 Å². The zero-order valence-corrected chi connectivity index (χ0v) is 18.6. The Kier molecular flexibility index (Phi) is 7.28. The molecule has 1 aliphatic rings. The predicted molar refractivity (Wildman–Crippen MR) is 117 cm³/mol. The maximum absolute atomic E-state index is 13.4. The molecule has 0 N–H and O–H groups in total. The van der Waals surface area contributed by atoms with E-state index in [0.29, 0.717) is 47.8 Å². The molecule has 2 heterocycles. The van der Waals surface area contributed by atoms with Crippen molar-refractivity contribution in [2.24, 2.45) is 0 Å². The monoisotopic (exact) mass is 426 g/mol. The maximum Gasteiger partial charge on any atom is 0.354 e. The van der Waals surface area contributed by atoms with Crippen LogP contribution in [0.4, 0.5) is 0 Å². The highest BCUT2D eigenvalue weighted by Crippen LogP contribution is 2.25. The molecule has 1 aliphatic heterocycles. The standard InChI is InChI=1S/C24H30N2O5/c1-5-26-17(3)21(16(2)22(26)24(29)30-4)20(27)15-25(14-19-12-9-13-31-19)23(28)18-10-7-6-8-11-18/h6-8,10-11,19H,5,9,12-15H2,1-4H3. The number of amides is 1. The van der Waals surface area contributed by atoms with Gasteiger partial charge < -0.3 is 18.9 Å². The van der Waals surface area contributed by atoms with Crippen molar-refractivity contribution in [1.29, 1.82) is 0 Å². The Morgan fingerprint density at radius 3 is 2.48 bits per heavy atom. The van der Waals surface area contributed by atoms with Crippen LogP contribution in [-0.4, -0.2) is 60.0 Å². The molecule has 0 radical (unpaired) electrons. The van der Waals surface area contributed by atoms with Crippen LogP contribution in [0.3, 0.4) is 0 Å². The van der Waals surface area contributed by atoms with Gasteiger partial charge in [0, 0.05) is 36.5 Å². The molecule has 0 saturated carbocycles. The number of esters is 1. The molecule has 7 heteroatoms. The van der Waals surface area contributed by atoms with Crippen LogP contribution < -0.4 is 0 Å². The van der Waals surface area contributed by atoms with Crippen molar-refractivity contribution in [1.82, 2.24) is 9.47 Å². The summed E-state index contributed by atoms with van der Waals surface area (Å²) in [6.45, 7) is 6.97. The summed E-state index contributed by atoms with van der Waals surface area (Å²) < 4.78 is 12.4. The molecular formula is C24H30N2O5. The van der Waals surface area contributed by atoms with E-state index >= 15 is 0 Å². The predicted octanol–water partition coefficient (Wildman–Crippen LogP) is 3.42. The normalized spacial score (nSPS) is 15.7. The van der Waals surface area contributed by atoms with Crippen LogP contribution in [0.15, 0.2) is 30.3 Å². The lowest BCUT2D eigenvalue weighted by molar-refractivity contribution is 0.0506. The number of rotatable bonds is 8. The summed E-state index contributed by atoms with van der Waals surface area (Å²) in [5, 5.41) is 0. The van der Waals surface area contributed by atoms with E-state index in [1.165, 1.54) is 7.11 Å². The summed E-state index contributed by atoms with van der Waals surface area (Å²) in [5.74, 6) is -0.879. The maximum atomic E-state index is 13.4. The van der Waals surface area contributed by atoms with Gasteiger partial charge in [-0.1, -0.05) is 18.2 Å². The Hall–Kier alpha value is -2.93. The van der Waals surface area contributed by atoms with Gasteiger partial charge in [-0.3, -0.25) is 9.59 Å². The van der Waals surface area contributed by atoms with Crippen LogP contribution in [0.25, 0.3) is 0 Å². The number of carbonyl (C=O) groups is 3. The third kappa shape index (κ3) is 4.71. The van der Waals surface area contributed by atoms with Gasteiger partial charge in [-0.25, -0.2) is 4.79 Å². The van der Waals surface area contributed by atoms with Gasteiger partial charge >= 0.3 is 5.97 Å². The second-order valence-corrected chi connectivity index (χ2v) is 7.78. The Bertz CT molecular complexity index is 958. The van der Waals surface area contributed by atoms with Gasteiger partial charge in [0.05, 0.1) is 19.8 Å². The van der Waals surface area contributed by atoms with Gasteiger partial charge in [0.2, 0.25) is 0 Å². The lowest BCUT2D eigenvalue weighted by Gasteiger charge is -2.25. The fourth-order valence-electron chi connectivity index (χ4n) is 4.33. The number of ketones is 1. The van der Waals surface area contributed by atoms with Crippen LogP contribution >= 0.6 is 0 Å². The number of hydrogen-bond acceptors (Lipinski definition) is 5. The molecule has 0 spiro atoms. The number of nitrogens with zero attached hydrogens (tertiary/aromatic N) is 2. The summed E-state index contributed by atoms with van der Waals surface area (Å²) in [6.07, 6.45) is 1.74. The van der Waals surface area contributed by atoms with Gasteiger partial charge in [-0.2, -0.15) is 0 Å². The first-order valence-corrected chi connectivity index (χ1v) is 10.7. The highest BCUT2D eigenvalue weighted by atomic mass is 16.5. The Labute approximate surface area is 182 Å². The average molecular weight is 427 g/mol. The molecule has 2 aromatic rings. The van der Waals surface area contributed by atoms with Crippen molar-refractivity contribution in [2.75, 3.05) is 26.8 Å². The summed E-state index contributed by atoms with van der Waals surface area (Å²) >= 11 is 0. The zero-order chi connectivity index (χ0) is 22.5. The molecule has 1 aromatic heterocycles. The first-order valence-electron chi connectivity index (χ1n) is 10.7. The second-order valence-electron chi connectivity index (χ2n) is 7.78. The van der Waals surface area contributed by atoms with Crippen molar-refractivity contribution in [2.45, 2.75) is 46.3 Å². The highest BCUT2D eigenvalue weighted by molar-refractivity contribution is 6.06. The van der Waals surface area contributed by atoms with Crippen molar-refractivity contribution in [3.63, 3.8) is 0 Å². The van der Waals surface area contributed by atoms with Gasteiger partial charge in [-0.15, -0.1) is 0 Å². The highest BCUT2D eigenvalue weighted by Gasteiger charge is 2.30. The molecule has 1 saturated heterocycles. The lowest BCUT2D eigenvalue weighted by atomic mass is 10.0. The van der Waals surface area contributed by atoms with Crippen LogP contribution in [0.2, 0.25) is 0 Å². The van der Waals surface area contributed by atoms with Crippen LogP contribution in [0.1, 0.15) is 62.2 Å². The first kappa shape index (κ1) is 22.7. The number of methoxy groups -OCH3 is 1. The number of carbonyl (C=O) groups excluding carboxylic acids is 3. The number of ether oxygens (including phenoxy) is 2. The molecule has 31 heavy (non-hydrogen) atoms. The smallest absolute Gasteiger partial charge is 0.354 e. The first-order chi connectivity index (χ1) is 14.9. The molecule has 0 aliphatic carbocycles. The van der Waals surface area contributed by atoms with E-state index in [2.05, 4.69) is 0 Å². The van der Waals surface area contributed by atoms with Crippen LogP contribution in [-0.2, 0) is 16.0 Å². The quantitative estimate of drug-likeness (QED) is 0.477. The van der Waals surface area contributed by atoms with Crippen molar-refractivity contribution >= 4 is 17.7 Å². The molecule has 1 aromatic carbocycles. The molecule has 1 atom stereocenters. The summed E-state index contributed by atoms with van der Waals surface area (Å²) in [7, 11) is 1.33. The third-order valence-electron chi connectivity index (χ3n) is 5.83. The zero-order valence-electron chi connectivity index (χ0n) is 18.6. The minimum atomic E-state index is -0.474. The third-order valence-corrected chi connectivity index (χ3v) is 5.83. The van der Waals surface area contributed by atoms with Crippen molar-refractivity contribution in [3.8, 4) is 0 Å². The number of Topliss-reactive ketones (excluding diaryl/α,β-unsaturated/α-hetero) is 1. The second kappa shape index (κ2) is 9.92. The van der Waals surface area contributed by atoms with E-state index in [9.17, 15) is 14.4 Å². The Balaban J connectivity index is 1.92. The summed E-state index contributed by atoms with van der Waals surface area (Å²) in [6, 6.07) is 8.94. The van der Waals surface area contributed by atoms with Crippen molar-refractivity contribution < 1.29 is 23.9 Å². The van der Waals surface area contributed by atoms with E-state index in [-0.39, 0.29) is 24.3 Å². The molecule has 1 unspecified atom stereocenters. The van der Waals surface area contributed by atoms with E-state index in [1.807, 2.05) is 19.9 Å².